The number of hydrogen-bond acceptors (Lipinski definition) is 2. The lowest BCUT2D eigenvalue weighted by Crippen LogP contribution is -2.30. The van der Waals surface area contributed by atoms with Crippen molar-refractivity contribution in [3.63, 3.8) is 0 Å². The zero-order valence-corrected chi connectivity index (χ0v) is 11.5. The molecule has 0 radical (unpaired) electrons. The number of nitrogens with one attached hydrogen (secondary N) is 1. The van der Waals surface area contributed by atoms with Gasteiger partial charge in [-0.15, -0.1) is 0 Å². The maximum absolute atomic E-state index is 5.01. The second kappa shape index (κ2) is 6.51. The summed E-state index contributed by atoms with van der Waals surface area (Å²) in [5.74, 6) is 0. The van der Waals surface area contributed by atoms with Gasteiger partial charge in [0.2, 0.25) is 0 Å². The molecule has 1 fully saturated rings. The minimum atomic E-state index is 0.889. The summed E-state index contributed by atoms with van der Waals surface area (Å²) in [6, 6.07) is 21.4. The fourth-order valence-corrected chi connectivity index (χ4v) is 2.40. The summed E-state index contributed by atoms with van der Waals surface area (Å²) in [4.78, 5) is 0. The Morgan fingerprint density at radius 1 is 0.650 bits per heavy atom. The summed E-state index contributed by atoms with van der Waals surface area (Å²) in [6.45, 7) is 3.83. The lowest BCUT2D eigenvalue weighted by Gasteiger charge is -2.10. The molecule has 20 heavy (non-hydrogen) atoms. The van der Waals surface area contributed by atoms with Crippen LogP contribution in [0.2, 0.25) is 0 Å². The molecule has 0 spiro atoms. The lowest BCUT2D eigenvalue weighted by atomic mass is 10.0. The van der Waals surface area contributed by atoms with Crippen LogP contribution in [-0.4, -0.2) is 26.3 Å². The van der Waals surface area contributed by atoms with E-state index in [0.717, 1.165) is 26.3 Å². The van der Waals surface area contributed by atoms with E-state index in [0.29, 0.717) is 0 Å². The molecular formula is C18H19NO. The molecule has 1 aliphatic heterocycles. The van der Waals surface area contributed by atoms with Crippen molar-refractivity contribution in [1.82, 2.24) is 5.32 Å². The number of fused-ring (bicyclic) bond motifs is 2. The van der Waals surface area contributed by atoms with Crippen LogP contribution in [0.15, 0.2) is 60.7 Å². The standard InChI is InChI=1S/C14H10.C4H9NO/c1-2-6-12-10-14-8-4-3-7-13(14)9-11(12)5-1;1-3-6-4-2-5-1/h1-10H;5H,1-4H2. The van der Waals surface area contributed by atoms with Gasteiger partial charge in [-0.1, -0.05) is 48.5 Å². The van der Waals surface area contributed by atoms with Gasteiger partial charge in [0.1, 0.15) is 0 Å². The minimum absolute atomic E-state index is 0.889. The summed E-state index contributed by atoms with van der Waals surface area (Å²) >= 11 is 0. The van der Waals surface area contributed by atoms with Gasteiger partial charge in [-0.25, -0.2) is 0 Å². The average Bonchev–Trinajstić information content (AvgIpc) is 2.55. The van der Waals surface area contributed by atoms with Gasteiger partial charge < -0.3 is 10.1 Å². The third-order valence-corrected chi connectivity index (χ3v) is 3.46. The van der Waals surface area contributed by atoms with Gasteiger partial charge >= 0.3 is 0 Å². The van der Waals surface area contributed by atoms with Crippen molar-refractivity contribution in [1.29, 1.82) is 0 Å². The van der Waals surface area contributed by atoms with Gasteiger partial charge in [-0.3, -0.25) is 0 Å². The summed E-state index contributed by atoms with van der Waals surface area (Å²) in [7, 11) is 0. The van der Waals surface area contributed by atoms with Crippen molar-refractivity contribution in [2.24, 2.45) is 0 Å². The molecule has 0 amide bonds. The number of morpholine rings is 1. The molecule has 0 bridgehead atoms. The van der Waals surface area contributed by atoms with Crippen molar-refractivity contribution < 1.29 is 4.74 Å². The molecule has 2 nitrogen and oxygen atoms in total. The Balaban J connectivity index is 0.000000170. The van der Waals surface area contributed by atoms with Crippen LogP contribution < -0.4 is 5.32 Å². The number of benzene rings is 3. The van der Waals surface area contributed by atoms with Gasteiger partial charge in [0.15, 0.2) is 0 Å². The summed E-state index contributed by atoms with van der Waals surface area (Å²) < 4.78 is 5.01. The first-order valence-electron chi connectivity index (χ1n) is 7.09. The van der Waals surface area contributed by atoms with Crippen molar-refractivity contribution in [2.75, 3.05) is 26.3 Å². The van der Waals surface area contributed by atoms with Crippen molar-refractivity contribution >= 4 is 21.5 Å². The highest BCUT2D eigenvalue weighted by atomic mass is 16.5. The summed E-state index contributed by atoms with van der Waals surface area (Å²) in [6.07, 6.45) is 0. The van der Waals surface area contributed by atoms with Gasteiger partial charge in [0.05, 0.1) is 13.2 Å². The Morgan fingerprint density at radius 2 is 1.05 bits per heavy atom. The molecule has 1 saturated heterocycles. The molecule has 1 N–H and O–H groups in total. The predicted octanol–water partition coefficient (Wildman–Crippen LogP) is 3.60. The highest BCUT2D eigenvalue weighted by molar-refractivity contribution is 5.98. The lowest BCUT2D eigenvalue weighted by molar-refractivity contribution is 0.109. The normalized spacial score (nSPS) is 14.8. The summed E-state index contributed by atoms with van der Waals surface area (Å²) in [5.41, 5.74) is 0. The van der Waals surface area contributed by atoms with Crippen LogP contribution in [-0.2, 0) is 4.74 Å². The third kappa shape index (κ3) is 3.16. The van der Waals surface area contributed by atoms with Crippen LogP contribution >= 0.6 is 0 Å². The first kappa shape index (κ1) is 13.1. The Kier molecular flexibility index (Phi) is 4.26. The zero-order chi connectivity index (χ0) is 13.6. The van der Waals surface area contributed by atoms with Gasteiger partial charge in [-0.05, 0) is 33.7 Å². The van der Waals surface area contributed by atoms with Crippen LogP contribution in [0.25, 0.3) is 21.5 Å². The van der Waals surface area contributed by atoms with Gasteiger partial charge in [-0.2, -0.15) is 0 Å². The minimum Gasteiger partial charge on any atom is -0.379 e. The molecule has 0 saturated carbocycles. The quantitative estimate of drug-likeness (QED) is 0.627. The van der Waals surface area contributed by atoms with Crippen LogP contribution in [0.1, 0.15) is 0 Å². The van der Waals surface area contributed by atoms with Crippen molar-refractivity contribution in [3.8, 4) is 0 Å². The first-order valence-corrected chi connectivity index (χ1v) is 7.09. The smallest absolute Gasteiger partial charge is 0.0591 e. The molecule has 0 unspecified atom stereocenters. The number of ether oxygens (including phenoxy) is 1. The van der Waals surface area contributed by atoms with Crippen molar-refractivity contribution in [2.45, 2.75) is 0 Å². The van der Waals surface area contributed by atoms with E-state index >= 15 is 0 Å². The van der Waals surface area contributed by atoms with E-state index in [1.54, 1.807) is 0 Å². The number of rotatable bonds is 0. The topological polar surface area (TPSA) is 21.3 Å². The van der Waals surface area contributed by atoms with E-state index in [9.17, 15) is 0 Å². The third-order valence-electron chi connectivity index (χ3n) is 3.46. The Hall–Kier alpha value is -1.90. The SMILES string of the molecule is C1COCCN1.c1ccc2cc3ccccc3cc2c1. The summed E-state index contributed by atoms with van der Waals surface area (Å²) in [5, 5.41) is 8.40. The zero-order valence-electron chi connectivity index (χ0n) is 11.5. The maximum atomic E-state index is 5.01. The van der Waals surface area contributed by atoms with Crippen LogP contribution in [0, 0.1) is 0 Å². The monoisotopic (exact) mass is 265 g/mol. The molecule has 3 aromatic carbocycles. The van der Waals surface area contributed by atoms with E-state index in [-0.39, 0.29) is 0 Å². The second-order valence-electron chi connectivity index (χ2n) is 4.91. The molecular weight excluding hydrogens is 246 g/mol. The molecule has 1 heterocycles. The Morgan fingerprint density at radius 3 is 1.30 bits per heavy atom. The van der Waals surface area contributed by atoms with Gasteiger partial charge in [0.25, 0.3) is 0 Å². The molecule has 102 valence electrons. The van der Waals surface area contributed by atoms with Crippen LogP contribution in [0.4, 0.5) is 0 Å². The molecule has 3 aromatic rings. The largest absolute Gasteiger partial charge is 0.379 e. The van der Waals surface area contributed by atoms with E-state index < -0.39 is 0 Å². The van der Waals surface area contributed by atoms with E-state index in [4.69, 9.17) is 4.74 Å². The predicted molar refractivity (Wildman–Crippen MR) is 85.1 cm³/mol. The fraction of sp³-hybridized carbons (Fsp3) is 0.222. The van der Waals surface area contributed by atoms with E-state index in [1.807, 2.05) is 0 Å². The molecule has 0 aromatic heterocycles. The molecule has 0 atom stereocenters. The van der Waals surface area contributed by atoms with Crippen LogP contribution in [0.5, 0.6) is 0 Å². The first-order chi connectivity index (χ1) is 9.93. The fourth-order valence-electron chi connectivity index (χ4n) is 2.40. The molecule has 4 rings (SSSR count). The van der Waals surface area contributed by atoms with E-state index in [1.165, 1.54) is 21.5 Å². The Bertz CT molecular complexity index is 572. The van der Waals surface area contributed by atoms with E-state index in [2.05, 4.69) is 66.0 Å². The second-order valence-corrected chi connectivity index (χ2v) is 4.91. The highest BCUT2D eigenvalue weighted by Crippen LogP contribution is 2.21. The number of hydrogen-bond donors (Lipinski definition) is 1. The molecule has 1 aliphatic rings. The van der Waals surface area contributed by atoms with Crippen molar-refractivity contribution in [3.05, 3.63) is 60.7 Å². The van der Waals surface area contributed by atoms with Crippen LogP contribution in [0.3, 0.4) is 0 Å². The molecule has 2 heteroatoms. The average molecular weight is 265 g/mol. The Labute approximate surface area is 119 Å². The molecule has 0 aliphatic carbocycles. The maximum Gasteiger partial charge on any atom is 0.0591 e. The highest BCUT2D eigenvalue weighted by Gasteiger charge is 1.95. The van der Waals surface area contributed by atoms with Gasteiger partial charge in [0, 0.05) is 13.1 Å².